The van der Waals surface area contributed by atoms with Gasteiger partial charge >= 0.3 is 0 Å². The van der Waals surface area contributed by atoms with Crippen LogP contribution >= 0.6 is 11.3 Å². The van der Waals surface area contributed by atoms with Crippen LogP contribution in [0.5, 0.6) is 0 Å². The summed E-state index contributed by atoms with van der Waals surface area (Å²) in [6, 6.07) is 10.8. The van der Waals surface area contributed by atoms with Crippen molar-refractivity contribution in [2.75, 3.05) is 5.32 Å². The normalized spacial score (nSPS) is 12.3. The van der Waals surface area contributed by atoms with Crippen LogP contribution in [0, 0.1) is 13.8 Å². The van der Waals surface area contributed by atoms with E-state index in [9.17, 15) is 0 Å². The van der Waals surface area contributed by atoms with Crippen molar-refractivity contribution in [3.8, 4) is 11.3 Å². The van der Waals surface area contributed by atoms with Gasteiger partial charge in [-0.1, -0.05) is 0 Å². The third kappa shape index (κ3) is 3.00. The van der Waals surface area contributed by atoms with E-state index in [4.69, 9.17) is 4.42 Å². The van der Waals surface area contributed by atoms with Crippen LogP contribution in [0.2, 0.25) is 0 Å². The SMILES string of the molecule is Cc1cc(C(C)Nc2ccc(-c3cnco3)cc2)c(C)s1. The lowest BCUT2D eigenvalue weighted by molar-refractivity contribution is 0.572. The van der Waals surface area contributed by atoms with Crippen molar-refractivity contribution in [3.05, 3.63) is 58.2 Å². The van der Waals surface area contributed by atoms with E-state index in [1.807, 2.05) is 23.5 Å². The van der Waals surface area contributed by atoms with E-state index in [2.05, 4.69) is 49.3 Å². The zero-order valence-corrected chi connectivity index (χ0v) is 13.2. The quantitative estimate of drug-likeness (QED) is 0.720. The monoisotopic (exact) mass is 298 g/mol. The molecule has 2 heterocycles. The van der Waals surface area contributed by atoms with E-state index in [-0.39, 0.29) is 0 Å². The second-order valence-electron chi connectivity index (χ2n) is 5.18. The summed E-state index contributed by atoms with van der Waals surface area (Å²) in [5, 5.41) is 3.55. The lowest BCUT2D eigenvalue weighted by Crippen LogP contribution is -2.06. The minimum atomic E-state index is 0.297. The van der Waals surface area contributed by atoms with Gasteiger partial charge in [-0.05, 0) is 56.7 Å². The van der Waals surface area contributed by atoms with Gasteiger partial charge in [-0.15, -0.1) is 11.3 Å². The molecule has 0 amide bonds. The Morgan fingerprint density at radius 2 is 1.95 bits per heavy atom. The molecule has 0 aliphatic carbocycles. The summed E-state index contributed by atoms with van der Waals surface area (Å²) < 4.78 is 5.30. The summed E-state index contributed by atoms with van der Waals surface area (Å²) in [5.74, 6) is 0.791. The smallest absolute Gasteiger partial charge is 0.181 e. The van der Waals surface area contributed by atoms with Crippen molar-refractivity contribution in [1.82, 2.24) is 4.98 Å². The highest BCUT2D eigenvalue weighted by Gasteiger charge is 2.11. The number of benzene rings is 1. The van der Waals surface area contributed by atoms with Gasteiger partial charge in [0.15, 0.2) is 12.2 Å². The molecule has 1 aromatic carbocycles. The standard InChI is InChI=1S/C17H18N2OS/c1-11-8-16(13(3)21-11)12(2)19-15-6-4-14(5-7-15)17-9-18-10-20-17/h4-10,12,19H,1-3H3. The van der Waals surface area contributed by atoms with E-state index in [1.54, 1.807) is 6.20 Å². The number of aryl methyl sites for hydroxylation is 2. The van der Waals surface area contributed by atoms with Gasteiger partial charge in [0.25, 0.3) is 0 Å². The first kappa shape index (κ1) is 13.9. The second kappa shape index (κ2) is 5.74. The molecule has 3 aromatic rings. The molecule has 3 rings (SSSR count). The van der Waals surface area contributed by atoms with Crippen LogP contribution in [-0.4, -0.2) is 4.98 Å². The highest BCUT2D eigenvalue weighted by Crippen LogP contribution is 2.29. The Labute approximate surface area is 128 Å². The average molecular weight is 298 g/mol. The molecule has 0 radical (unpaired) electrons. The number of aromatic nitrogens is 1. The lowest BCUT2D eigenvalue weighted by Gasteiger charge is -2.15. The van der Waals surface area contributed by atoms with Gasteiger partial charge in [0, 0.05) is 27.0 Å². The van der Waals surface area contributed by atoms with Crippen LogP contribution < -0.4 is 5.32 Å². The molecule has 0 bridgehead atoms. The molecule has 0 fully saturated rings. The first-order valence-corrected chi connectivity index (χ1v) is 7.77. The zero-order chi connectivity index (χ0) is 14.8. The topological polar surface area (TPSA) is 38.1 Å². The minimum Gasteiger partial charge on any atom is -0.444 e. The Balaban J connectivity index is 1.74. The minimum absolute atomic E-state index is 0.297. The molecular formula is C17H18N2OS. The maximum Gasteiger partial charge on any atom is 0.181 e. The van der Waals surface area contributed by atoms with Crippen LogP contribution in [0.4, 0.5) is 5.69 Å². The molecule has 0 saturated heterocycles. The summed E-state index contributed by atoms with van der Waals surface area (Å²) in [4.78, 5) is 6.68. The molecular weight excluding hydrogens is 280 g/mol. The molecule has 4 heteroatoms. The van der Waals surface area contributed by atoms with Gasteiger partial charge < -0.3 is 9.73 Å². The van der Waals surface area contributed by atoms with Gasteiger partial charge in [0.05, 0.1) is 6.20 Å². The predicted octanol–water partition coefficient (Wildman–Crippen LogP) is 5.19. The largest absolute Gasteiger partial charge is 0.444 e. The molecule has 2 aromatic heterocycles. The van der Waals surface area contributed by atoms with Crippen LogP contribution in [0.3, 0.4) is 0 Å². The number of anilines is 1. The molecule has 1 atom stereocenters. The van der Waals surface area contributed by atoms with Crippen LogP contribution in [0.15, 0.2) is 47.3 Å². The highest BCUT2D eigenvalue weighted by molar-refractivity contribution is 7.12. The molecule has 0 saturated carbocycles. The van der Waals surface area contributed by atoms with E-state index in [0.29, 0.717) is 6.04 Å². The van der Waals surface area contributed by atoms with E-state index >= 15 is 0 Å². The van der Waals surface area contributed by atoms with Crippen molar-refractivity contribution in [3.63, 3.8) is 0 Å². The number of oxazole rings is 1. The van der Waals surface area contributed by atoms with Crippen LogP contribution in [-0.2, 0) is 0 Å². The van der Waals surface area contributed by atoms with Gasteiger partial charge in [-0.25, -0.2) is 4.98 Å². The highest BCUT2D eigenvalue weighted by atomic mass is 32.1. The Kier molecular flexibility index (Phi) is 3.80. The molecule has 108 valence electrons. The maximum absolute atomic E-state index is 5.30. The average Bonchev–Trinajstić information content (AvgIpc) is 3.09. The summed E-state index contributed by atoms with van der Waals surface area (Å²) in [6.45, 7) is 6.52. The third-order valence-corrected chi connectivity index (χ3v) is 4.51. The number of nitrogens with one attached hydrogen (secondary N) is 1. The first-order chi connectivity index (χ1) is 10.1. The Hall–Kier alpha value is -2.07. The fourth-order valence-corrected chi connectivity index (χ4v) is 3.52. The van der Waals surface area contributed by atoms with Crippen molar-refractivity contribution < 1.29 is 4.42 Å². The number of nitrogens with zero attached hydrogens (tertiary/aromatic N) is 1. The molecule has 1 unspecified atom stereocenters. The number of hydrogen-bond acceptors (Lipinski definition) is 4. The number of rotatable bonds is 4. The summed E-state index contributed by atoms with van der Waals surface area (Å²) in [7, 11) is 0. The zero-order valence-electron chi connectivity index (χ0n) is 12.4. The fourth-order valence-electron chi connectivity index (χ4n) is 2.50. The fraction of sp³-hybridized carbons (Fsp3) is 0.235. The molecule has 21 heavy (non-hydrogen) atoms. The molecule has 0 aliphatic rings. The first-order valence-electron chi connectivity index (χ1n) is 6.96. The molecule has 3 nitrogen and oxygen atoms in total. The predicted molar refractivity (Wildman–Crippen MR) is 87.8 cm³/mol. The van der Waals surface area contributed by atoms with E-state index < -0.39 is 0 Å². The number of hydrogen-bond donors (Lipinski definition) is 1. The van der Waals surface area contributed by atoms with E-state index in [1.165, 1.54) is 21.7 Å². The van der Waals surface area contributed by atoms with Gasteiger partial charge in [-0.3, -0.25) is 0 Å². The summed E-state index contributed by atoms with van der Waals surface area (Å²) in [6.07, 6.45) is 3.17. The Morgan fingerprint density at radius 3 is 2.52 bits per heavy atom. The van der Waals surface area contributed by atoms with Gasteiger partial charge in [0.1, 0.15) is 0 Å². The molecule has 0 aliphatic heterocycles. The van der Waals surface area contributed by atoms with Crippen molar-refractivity contribution in [1.29, 1.82) is 0 Å². The maximum atomic E-state index is 5.30. The van der Waals surface area contributed by atoms with Crippen LogP contribution in [0.25, 0.3) is 11.3 Å². The van der Waals surface area contributed by atoms with Crippen molar-refractivity contribution >= 4 is 17.0 Å². The molecule has 1 N–H and O–H groups in total. The third-order valence-electron chi connectivity index (χ3n) is 3.53. The van der Waals surface area contributed by atoms with Gasteiger partial charge in [0.2, 0.25) is 0 Å². The van der Waals surface area contributed by atoms with Crippen LogP contribution in [0.1, 0.15) is 28.3 Å². The Bertz CT molecular complexity index is 714. The summed E-state index contributed by atoms with van der Waals surface area (Å²) in [5.41, 5.74) is 3.51. The second-order valence-corrected chi connectivity index (χ2v) is 6.64. The lowest BCUT2D eigenvalue weighted by atomic mass is 10.1. The van der Waals surface area contributed by atoms with E-state index in [0.717, 1.165) is 17.0 Å². The number of thiophene rings is 1. The van der Waals surface area contributed by atoms with Crippen molar-refractivity contribution in [2.45, 2.75) is 26.8 Å². The Morgan fingerprint density at radius 1 is 1.19 bits per heavy atom. The summed E-state index contributed by atoms with van der Waals surface area (Å²) >= 11 is 1.85. The van der Waals surface area contributed by atoms with Crippen molar-refractivity contribution in [2.24, 2.45) is 0 Å². The molecule has 0 spiro atoms. The van der Waals surface area contributed by atoms with Gasteiger partial charge in [-0.2, -0.15) is 0 Å².